The molecule has 3 aromatic rings. The third-order valence-corrected chi connectivity index (χ3v) is 6.60. The lowest BCUT2D eigenvalue weighted by Gasteiger charge is -2.20. The Morgan fingerprint density at radius 2 is 2.09 bits per heavy atom. The van der Waals surface area contributed by atoms with Gasteiger partial charge in [0.2, 0.25) is 0 Å². The first-order chi connectivity index (χ1) is 11.1. The fraction of sp³-hybridized carbons (Fsp3) is 0.333. The van der Waals surface area contributed by atoms with Crippen LogP contribution in [0.15, 0.2) is 17.5 Å². The van der Waals surface area contributed by atoms with Crippen molar-refractivity contribution in [3.05, 3.63) is 44.1 Å². The van der Waals surface area contributed by atoms with E-state index in [0.29, 0.717) is 10.6 Å². The lowest BCUT2D eigenvalue weighted by molar-refractivity contribution is 0.102. The molecular formula is C18H18N2OS2. The number of pyridine rings is 1. The topological polar surface area (TPSA) is 56.0 Å². The summed E-state index contributed by atoms with van der Waals surface area (Å²) in [5.41, 5.74) is 10.8. The third kappa shape index (κ3) is 2.48. The number of nitrogens with zero attached hydrogens (tertiary/aromatic N) is 1. The maximum atomic E-state index is 11.8. The van der Waals surface area contributed by atoms with Crippen molar-refractivity contribution in [2.24, 2.45) is 0 Å². The molecule has 0 saturated heterocycles. The van der Waals surface area contributed by atoms with Crippen molar-refractivity contribution in [3.63, 3.8) is 0 Å². The molecule has 3 nitrogen and oxygen atoms in total. The highest BCUT2D eigenvalue weighted by atomic mass is 32.1. The minimum absolute atomic E-state index is 0.0369. The number of nitrogens with two attached hydrogens (primary N) is 1. The maximum Gasteiger partial charge on any atom is 0.171 e. The van der Waals surface area contributed by atoms with Crippen molar-refractivity contribution in [1.29, 1.82) is 0 Å². The number of carbonyl (C=O) groups is 1. The largest absolute Gasteiger partial charge is 0.397 e. The molecule has 5 heteroatoms. The molecule has 0 unspecified atom stereocenters. The number of aryl methyl sites for hydroxylation is 1. The van der Waals surface area contributed by atoms with E-state index in [-0.39, 0.29) is 5.78 Å². The van der Waals surface area contributed by atoms with Gasteiger partial charge in [0, 0.05) is 23.6 Å². The van der Waals surface area contributed by atoms with Gasteiger partial charge in [0.25, 0.3) is 0 Å². The van der Waals surface area contributed by atoms with Crippen LogP contribution < -0.4 is 5.73 Å². The molecule has 118 valence electrons. The van der Waals surface area contributed by atoms with E-state index < -0.39 is 0 Å². The zero-order valence-corrected chi connectivity index (χ0v) is 14.6. The monoisotopic (exact) mass is 342 g/mol. The minimum Gasteiger partial charge on any atom is -0.397 e. The van der Waals surface area contributed by atoms with Gasteiger partial charge < -0.3 is 5.73 Å². The highest BCUT2D eigenvalue weighted by Gasteiger charge is 2.24. The smallest absolute Gasteiger partial charge is 0.171 e. The Labute approximate surface area is 143 Å². The van der Waals surface area contributed by atoms with Crippen LogP contribution in [0.2, 0.25) is 0 Å². The van der Waals surface area contributed by atoms with E-state index in [2.05, 4.69) is 17.5 Å². The van der Waals surface area contributed by atoms with Crippen LogP contribution in [-0.4, -0.2) is 10.8 Å². The Balaban J connectivity index is 1.95. The van der Waals surface area contributed by atoms with Gasteiger partial charge in [-0.25, -0.2) is 4.98 Å². The van der Waals surface area contributed by atoms with E-state index in [0.717, 1.165) is 29.5 Å². The van der Waals surface area contributed by atoms with Gasteiger partial charge in [-0.2, -0.15) is 0 Å². The van der Waals surface area contributed by atoms with Crippen molar-refractivity contribution in [1.82, 2.24) is 4.98 Å². The summed E-state index contributed by atoms with van der Waals surface area (Å²) in [4.78, 5) is 19.7. The van der Waals surface area contributed by atoms with Crippen LogP contribution in [0.1, 0.15) is 51.1 Å². The molecule has 0 saturated carbocycles. The van der Waals surface area contributed by atoms with E-state index in [1.807, 2.05) is 0 Å². The van der Waals surface area contributed by atoms with Gasteiger partial charge >= 0.3 is 0 Å². The number of hydrogen-bond donors (Lipinski definition) is 1. The van der Waals surface area contributed by atoms with Gasteiger partial charge in [-0.05, 0) is 48.3 Å². The van der Waals surface area contributed by atoms with Crippen LogP contribution in [0.25, 0.3) is 10.2 Å². The molecule has 3 heterocycles. The molecule has 0 radical (unpaired) electrons. The average molecular weight is 342 g/mol. The van der Waals surface area contributed by atoms with E-state index in [9.17, 15) is 4.79 Å². The molecule has 0 aromatic carbocycles. The summed E-state index contributed by atoms with van der Waals surface area (Å²) in [5, 5.41) is 3.15. The van der Waals surface area contributed by atoms with Crippen molar-refractivity contribution in [2.45, 2.75) is 39.0 Å². The Hall–Kier alpha value is -1.72. The number of Topliss-reactive ketones (excluding diaryl/α,β-unsaturated/α-hetero) is 1. The fourth-order valence-corrected chi connectivity index (χ4v) is 5.23. The summed E-state index contributed by atoms with van der Waals surface area (Å²) >= 11 is 3.22. The Kier molecular flexibility index (Phi) is 3.70. The van der Waals surface area contributed by atoms with Crippen LogP contribution >= 0.6 is 22.7 Å². The fourth-order valence-electron chi connectivity index (χ4n) is 3.48. The van der Waals surface area contributed by atoms with Gasteiger partial charge in [0.1, 0.15) is 4.83 Å². The number of fused-ring (bicyclic) bond motifs is 3. The number of ketones is 1. The minimum atomic E-state index is 0.0369. The lowest BCUT2D eigenvalue weighted by atomic mass is 9.87. The summed E-state index contributed by atoms with van der Waals surface area (Å²) in [5.74, 6) is 0.0369. The maximum absolute atomic E-state index is 11.8. The Morgan fingerprint density at radius 1 is 1.30 bits per heavy atom. The zero-order chi connectivity index (χ0) is 16.0. The quantitative estimate of drug-likeness (QED) is 0.707. The number of carbonyl (C=O) groups excluding carboxylic acids is 1. The first-order valence-corrected chi connectivity index (χ1v) is 9.60. The molecule has 3 aromatic heterocycles. The standard InChI is InChI=1S/C18H18N2OS2/c1-10(21)17-16(19)15-13-7-3-2-6-12(13)14(20-18(15)23-17)9-11-5-4-8-22-11/h4-5,8H,2-3,6-7,9,19H2,1H3. The van der Waals surface area contributed by atoms with Gasteiger partial charge in [-0.3, -0.25) is 4.79 Å². The summed E-state index contributed by atoms with van der Waals surface area (Å²) in [7, 11) is 0. The predicted octanol–water partition coefficient (Wildman–Crippen LogP) is 4.61. The first-order valence-electron chi connectivity index (χ1n) is 7.91. The third-order valence-electron chi connectivity index (χ3n) is 4.52. The molecule has 1 aliphatic rings. The zero-order valence-electron chi connectivity index (χ0n) is 13.0. The normalized spacial score (nSPS) is 14.1. The van der Waals surface area contributed by atoms with Crippen LogP contribution in [0.5, 0.6) is 0 Å². The molecule has 4 rings (SSSR count). The van der Waals surface area contributed by atoms with E-state index >= 15 is 0 Å². The molecule has 0 spiro atoms. The molecule has 0 bridgehead atoms. The number of nitrogen functional groups attached to an aromatic ring is 1. The van der Waals surface area contributed by atoms with E-state index in [1.54, 1.807) is 18.3 Å². The van der Waals surface area contributed by atoms with Crippen LogP contribution in [0, 0.1) is 0 Å². The van der Waals surface area contributed by atoms with Crippen LogP contribution in [0.4, 0.5) is 5.69 Å². The van der Waals surface area contributed by atoms with Crippen molar-refractivity contribution >= 4 is 44.4 Å². The van der Waals surface area contributed by atoms with Crippen molar-refractivity contribution < 1.29 is 4.79 Å². The Bertz CT molecular complexity index is 894. The van der Waals surface area contributed by atoms with E-state index in [1.165, 1.54) is 45.9 Å². The molecular weight excluding hydrogens is 324 g/mol. The molecule has 0 amide bonds. The average Bonchev–Trinajstić information content (AvgIpc) is 3.15. The second-order valence-electron chi connectivity index (χ2n) is 6.06. The molecule has 23 heavy (non-hydrogen) atoms. The Morgan fingerprint density at radius 3 is 2.78 bits per heavy atom. The van der Waals surface area contributed by atoms with Crippen molar-refractivity contribution in [2.75, 3.05) is 5.73 Å². The number of hydrogen-bond acceptors (Lipinski definition) is 5. The van der Waals surface area contributed by atoms with E-state index in [4.69, 9.17) is 10.7 Å². The van der Waals surface area contributed by atoms with Gasteiger partial charge in [-0.1, -0.05) is 6.07 Å². The molecule has 1 aliphatic carbocycles. The van der Waals surface area contributed by atoms with Crippen LogP contribution in [-0.2, 0) is 19.3 Å². The second-order valence-corrected chi connectivity index (χ2v) is 8.09. The lowest BCUT2D eigenvalue weighted by Crippen LogP contribution is -2.10. The van der Waals surface area contributed by atoms with Gasteiger partial charge in [0.15, 0.2) is 5.78 Å². The first kappa shape index (κ1) is 14.8. The highest BCUT2D eigenvalue weighted by Crippen LogP contribution is 2.40. The molecule has 0 fully saturated rings. The molecule has 2 N–H and O–H groups in total. The second kappa shape index (κ2) is 5.73. The number of thiophene rings is 2. The van der Waals surface area contributed by atoms with Crippen LogP contribution in [0.3, 0.4) is 0 Å². The van der Waals surface area contributed by atoms with Gasteiger partial charge in [-0.15, -0.1) is 22.7 Å². The number of aromatic nitrogens is 1. The molecule has 0 atom stereocenters. The predicted molar refractivity (Wildman–Crippen MR) is 97.8 cm³/mol. The summed E-state index contributed by atoms with van der Waals surface area (Å²) in [6.07, 6.45) is 5.40. The number of anilines is 1. The number of rotatable bonds is 3. The van der Waals surface area contributed by atoms with Crippen molar-refractivity contribution in [3.8, 4) is 0 Å². The summed E-state index contributed by atoms with van der Waals surface area (Å²) in [6, 6.07) is 4.25. The van der Waals surface area contributed by atoms with Gasteiger partial charge in [0.05, 0.1) is 16.3 Å². The summed E-state index contributed by atoms with van der Waals surface area (Å²) in [6.45, 7) is 1.58. The summed E-state index contributed by atoms with van der Waals surface area (Å²) < 4.78 is 0. The molecule has 0 aliphatic heterocycles. The highest BCUT2D eigenvalue weighted by molar-refractivity contribution is 7.21. The SMILES string of the molecule is CC(=O)c1sc2nc(Cc3cccs3)c3c(c2c1N)CCCC3.